The smallest absolute Gasteiger partial charge is 0.417 e. The van der Waals surface area contributed by atoms with Crippen molar-refractivity contribution in [2.24, 2.45) is 0 Å². The summed E-state index contributed by atoms with van der Waals surface area (Å²) in [7, 11) is 0. The molecule has 0 unspecified atom stereocenters. The van der Waals surface area contributed by atoms with E-state index in [0.717, 1.165) is 88.9 Å². The van der Waals surface area contributed by atoms with Gasteiger partial charge in [-0.2, -0.15) is 0 Å². The standard InChI is InChI=1S/C68H68N2O4/c71-63(73-53-65(55-25-9-1-10-26-55)41-47-69(48-42-65)51-45-67(57-29-13-3-14-30-57,58-31-15-4-16-32-58)59-33-17-5-18-34-59)64(72)74-54-66(56-27-11-2-12-28-56)43-49-70(50-44-66)52-46-68(60-35-19-6-20-36-60,61-37-21-7-22-38-61)62-39-23-8-24-40-62/h1-40H,41-54H2. The molecule has 2 fully saturated rings. The number of ether oxygens (including phenoxy) is 2. The lowest BCUT2D eigenvalue weighted by Gasteiger charge is -2.44. The highest BCUT2D eigenvalue weighted by Crippen LogP contribution is 2.45. The van der Waals surface area contributed by atoms with Gasteiger partial charge in [-0.1, -0.05) is 243 Å². The third kappa shape index (κ3) is 10.7. The minimum atomic E-state index is -0.930. The van der Waals surface area contributed by atoms with Crippen LogP contribution in [-0.2, 0) is 40.7 Å². The summed E-state index contributed by atoms with van der Waals surface area (Å²) in [5.41, 5.74) is 8.31. The number of piperidine rings is 2. The van der Waals surface area contributed by atoms with Crippen molar-refractivity contribution in [3.63, 3.8) is 0 Å². The van der Waals surface area contributed by atoms with Crippen molar-refractivity contribution in [1.29, 1.82) is 0 Å². The van der Waals surface area contributed by atoms with E-state index in [4.69, 9.17) is 9.47 Å². The first-order valence-electron chi connectivity index (χ1n) is 26.7. The van der Waals surface area contributed by atoms with E-state index in [1.165, 1.54) is 33.4 Å². The van der Waals surface area contributed by atoms with Crippen LogP contribution in [0.3, 0.4) is 0 Å². The fourth-order valence-corrected chi connectivity index (χ4v) is 12.4. The Hall–Kier alpha value is -7.38. The highest BCUT2D eigenvalue weighted by atomic mass is 16.6. The number of carbonyl (C=O) groups excluding carboxylic acids is 2. The van der Waals surface area contributed by atoms with Crippen molar-refractivity contribution in [2.75, 3.05) is 52.5 Å². The van der Waals surface area contributed by atoms with Gasteiger partial charge in [0.05, 0.1) is 0 Å². The number of nitrogens with zero attached hydrogens (tertiary/aromatic N) is 2. The summed E-state index contributed by atoms with van der Waals surface area (Å²) in [6.07, 6.45) is 4.92. The van der Waals surface area contributed by atoms with Crippen LogP contribution in [0.2, 0.25) is 0 Å². The average Bonchev–Trinajstić information content (AvgIpc) is 3.49. The third-order valence-electron chi connectivity index (χ3n) is 16.7. The first kappa shape index (κ1) is 50.2. The lowest BCUT2D eigenvalue weighted by Crippen LogP contribution is -2.48. The van der Waals surface area contributed by atoms with Gasteiger partial charge in [0.25, 0.3) is 0 Å². The number of likely N-dealkylation sites (tertiary alicyclic amines) is 2. The summed E-state index contributed by atoms with van der Waals surface area (Å²) in [5, 5.41) is 0. The summed E-state index contributed by atoms with van der Waals surface area (Å²) in [6.45, 7) is 5.29. The molecule has 2 heterocycles. The second-order valence-electron chi connectivity index (χ2n) is 20.6. The van der Waals surface area contributed by atoms with Gasteiger partial charge >= 0.3 is 11.9 Å². The Bertz CT molecular complexity index is 2580. The predicted octanol–water partition coefficient (Wildman–Crippen LogP) is 13.0. The molecule has 6 nitrogen and oxygen atoms in total. The molecule has 6 heteroatoms. The van der Waals surface area contributed by atoms with E-state index < -0.39 is 22.8 Å². The molecule has 0 amide bonds. The fourth-order valence-electron chi connectivity index (χ4n) is 12.4. The molecule has 0 N–H and O–H groups in total. The molecule has 10 rings (SSSR count). The van der Waals surface area contributed by atoms with E-state index in [1.807, 2.05) is 36.4 Å². The zero-order valence-corrected chi connectivity index (χ0v) is 42.5. The Morgan fingerprint density at radius 3 is 0.784 bits per heavy atom. The van der Waals surface area contributed by atoms with Crippen LogP contribution in [0.5, 0.6) is 0 Å². The van der Waals surface area contributed by atoms with Gasteiger partial charge < -0.3 is 19.3 Å². The van der Waals surface area contributed by atoms with Crippen LogP contribution in [-0.4, -0.2) is 74.2 Å². The van der Waals surface area contributed by atoms with Crippen LogP contribution in [0.4, 0.5) is 0 Å². The Kier molecular flexibility index (Phi) is 15.7. The zero-order valence-electron chi connectivity index (χ0n) is 42.5. The monoisotopic (exact) mass is 977 g/mol. The molecule has 0 aromatic heterocycles. The number of hydrogen-bond acceptors (Lipinski definition) is 6. The molecule has 0 saturated carbocycles. The number of rotatable bonds is 18. The van der Waals surface area contributed by atoms with E-state index in [9.17, 15) is 9.59 Å². The van der Waals surface area contributed by atoms with Crippen LogP contribution in [0.1, 0.15) is 83.0 Å². The van der Waals surface area contributed by atoms with Gasteiger partial charge in [-0.15, -0.1) is 0 Å². The number of esters is 2. The van der Waals surface area contributed by atoms with Crippen LogP contribution in [0, 0.1) is 0 Å². The Morgan fingerprint density at radius 2 is 0.554 bits per heavy atom. The van der Waals surface area contributed by atoms with E-state index in [1.54, 1.807) is 0 Å². The largest absolute Gasteiger partial charge is 0.456 e. The maximum Gasteiger partial charge on any atom is 0.417 e. The second-order valence-corrected chi connectivity index (χ2v) is 20.6. The zero-order chi connectivity index (χ0) is 50.5. The first-order chi connectivity index (χ1) is 36.4. The normalized spacial score (nSPS) is 15.9. The molecule has 2 aliphatic heterocycles. The Morgan fingerprint density at radius 1 is 0.338 bits per heavy atom. The van der Waals surface area contributed by atoms with Gasteiger partial charge in [0.2, 0.25) is 0 Å². The maximum atomic E-state index is 13.8. The molecule has 0 bridgehead atoms. The molecule has 2 aliphatic rings. The van der Waals surface area contributed by atoms with E-state index in [0.29, 0.717) is 0 Å². The molecule has 0 radical (unpaired) electrons. The van der Waals surface area contributed by atoms with Gasteiger partial charge in [0, 0.05) is 21.7 Å². The summed E-state index contributed by atoms with van der Waals surface area (Å²) < 4.78 is 12.1. The molecule has 74 heavy (non-hydrogen) atoms. The molecule has 374 valence electrons. The minimum absolute atomic E-state index is 0.107. The summed E-state index contributed by atoms with van der Waals surface area (Å²) in [5.74, 6) is -1.86. The predicted molar refractivity (Wildman–Crippen MR) is 297 cm³/mol. The average molecular weight is 977 g/mol. The lowest BCUT2D eigenvalue weighted by atomic mass is 9.67. The number of hydrogen-bond donors (Lipinski definition) is 0. The Labute approximate surface area is 438 Å². The minimum Gasteiger partial charge on any atom is -0.456 e. The van der Waals surface area contributed by atoms with Crippen molar-refractivity contribution in [3.05, 3.63) is 287 Å². The summed E-state index contributed by atoms with van der Waals surface area (Å²) >= 11 is 0. The van der Waals surface area contributed by atoms with Crippen molar-refractivity contribution in [3.8, 4) is 0 Å². The highest BCUT2D eigenvalue weighted by Gasteiger charge is 2.43. The fraction of sp³-hybridized carbons (Fsp3) is 0.265. The van der Waals surface area contributed by atoms with Crippen molar-refractivity contribution < 1.29 is 19.1 Å². The molecular formula is C68H68N2O4. The SMILES string of the molecule is O=C(OCC1(c2ccccc2)CCN(CCC(c2ccccc2)(c2ccccc2)c2ccccc2)CC1)C(=O)OCC1(c2ccccc2)CCN(CCC(c2ccccc2)(c2ccccc2)c2ccccc2)CC1. The van der Waals surface area contributed by atoms with Gasteiger partial charge in [-0.25, -0.2) is 9.59 Å². The third-order valence-corrected chi connectivity index (χ3v) is 16.7. The van der Waals surface area contributed by atoms with Gasteiger partial charge in [-0.3, -0.25) is 0 Å². The maximum absolute atomic E-state index is 13.8. The van der Waals surface area contributed by atoms with Crippen molar-refractivity contribution in [2.45, 2.75) is 60.2 Å². The molecule has 0 spiro atoms. The van der Waals surface area contributed by atoms with Gasteiger partial charge in [-0.05, 0) is 122 Å². The highest BCUT2D eigenvalue weighted by molar-refractivity contribution is 6.29. The molecule has 2 saturated heterocycles. The van der Waals surface area contributed by atoms with Gasteiger partial charge in [0.1, 0.15) is 13.2 Å². The van der Waals surface area contributed by atoms with Crippen LogP contribution in [0.15, 0.2) is 243 Å². The molecule has 0 atom stereocenters. The number of benzene rings is 8. The lowest BCUT2D eigenvalue weighted by molar-refractivity contribution is -0.170. The van der Waals surface area contributed by atoms with E-state index in [2.05, 4.69) is 216 Å². The topological polar surface area (TPSA) is 59.1 Å². The quantitative estimate of drug-likeness (QED) is 0.0485. The number of carbonyl (C=O) groups is 2. The van der Waals surface area contributed by atoms with Crippen LogP contribution in [0.25, 0.3) is 0 Å². The molecule has 0 aliphatic carbocycles. The second kappa shape index (κ2) is 23.2. The van der Waals surface area contributed by atoms with Gasteiger partial charge in [0.15, 0.2) is 0 Å². The van der Waals surface area contributed by atoms with E-state index >= 15 is 0 Å². The van der Waals surface area contributed by atoms with Crippen LogP contribution < -0.4 is 0 Å². The first-order valence-corrected chi connectivity index (χ1v) is 26.7. The Balaban J connectivity index is 0.801. The molecule has 8 aromatic rings. The molecule has 8 aromatic carbocycles. The molecular weight excluding hydrogens is 909 g/mol. The van der Waals surface area contributed by atoms with Crippen LogP contribution >= 0.6 is 0 Å². The van der Waals surface area contributed by atoms with Crippen molar-refractivity contribution in [1.82, 2.24) is 9.80 Å². The summed E-state index contributed by atoms with van der Waals surface area (Å²) in [4.78, 5) is 32.8. The summed E-state index contributed by atoms with van der Waals surface area (Å²) in [6, 6.07) is 86.2. The van der Waals surface area contributed by atoms with E-state index in [-0.39, 0.29) is 24.0 Å². The van der Waals surface area contributed by atoms with Crippen molar-refractivity contribution >= 4 is 11.9 Å².